The van der Waals surface area contributed by atoms with E-state index in [1.807, 2.05) is 0 Å². The average molecular weight is 704 g/mol. The smallest absolute Gasteiger partial charge is 0.457 e. The average Bonchev–Trinajstić information content (AvgIpc) is 2.74. The fraction of sp³-hybridized carbons (Fsp3) is 0.800. The van der Waals surface area contributed by atoms with Crippen LogP contribution < -0.4 is 0 Å². The number of rotatable bonds is 6. The lowest BCUT2D eigenvalue weighted by Crippen LogP contribution is -2.69. The van der Waals surface area contributed by atoms with E-state index in [-0.39, 0.29) is 0 Å². The second-order valence-corrected chi connectivity index (χ2v) is 12.1. The largest absolute Gasteiger partial charge is 0.510 e. The molecule has 1 rings (SSSR count). The quantitative estimate of drug-likeness (QED) is 0.118. The van der Waals surface area contributed by atoms with E-state index in [0.29, 0.717) is 0 Å². The molecule has 1 aliphatic carbocycles. The van der Waals surface area contributed by atoms with Gasteiger partial charge in [-0.1, -0.05) is 6.58 Å². The lowest BCUT2D eigenvalue weighted by atomic mass is 9.65. The maximum atomic E-state index is 14.5. The first-order valence-electron chi connectivity index (χ1n) is 12.8. The molecule has 0 spiro atoms. The van der Waals surface area contributed by atoms with Crippen LogP contribution in [0.25, 0.3) is 0 Å². The van der Waals surface area contributed by atoms with E-state index < -0.39 is 108 Å². The Balaban J connectivity index is 4.16. The number of hydrogen-bond donors (Lipinski definition) is 0. The molecule has 1 fully saturated rings. The third-order valence-electron chi connectivity index (χ3n) is 6.26. The highest BCUT2D eigenvalue weighted by molar-refractivity contribution is 5.85. The van der Waals surface area contributed by atoms with Crippen molar-refractivity contribution in [3.05, 3.63) is 12.4 Å². The van der Waals surface area contributed by atoms with Gasteiger partial charge in [-0.2, -0.15) is 57.1 Å². The van der Waals surface area contributed by atoms with Gasteiger partial charge in [0.05, 0.1) is 0 Å². The number of alkyl halides is 12. The Morgan fingerprint density at radius 3 is 1.04 bits per heavy atom. The molecule has 0 bridgehead atoms. The molecule has 0 aliphatic heterocycles. The molecular formula is C25H29F13O8. The van der Waals surface area contributed by atoms with Crippen LogP contribution in [0.4, 0.5) is 66.7 Å². The zero-order chi connectivity index (χ0) is 36.7. The van der Waals surface area contributed by atoms with Crippen LogP contribution >= 0.6 is 0 Å². The SMILES string of the molecule is C=C(F)C(=O)OC1CC(C(OC(=O)OC(C)(C)C)(C(F)(F)F)C(F)(F)F)CC(C(OC(=O)OC(C)(C)C)(C(F)(F)F)C(F)(F)F)C1. The van der Waals surface area contributed by atoms with Crippen molar-refractivity contribution in [1.29, 1.82) is 0 Å². The number of halogens is 13. The van der Waals surface area contributed by atoms with Crippen LogP contribution in [0.3, 0.4) is 0 Å². The van der Waals surface area contributed by atoms with E-state index in [2.05, 4.69) is 30.3 Å². The molecule has 0 saturated heterocycles. The third-order valence-corrected chi connectivity index (χ3v) is 6.26. The van der Waals surface area contributed by atoms with Gasteiger partial charge < -0.3 is 23.7 Å². The van der Waals surface area contributed by atoms with Gasteiger partial charge in [-0.25, -0.2) is 14.4 Å². The Bertz CT molecular complexity index is 1040. The molecule has 268 valence electrons. The van der Waals surface area contributed by atoms with Crippen molar-refractivity contribution in [3.63, 3.8) is 0 Å². The minimum absolute atomic E-state index is 0.960. The summed E-state index contributed by atoms with van der Waals surface area (Å²) in [5.74, 6) is -11.8. The molecule has 0 aromatic rings. The molecule has 1 aliphatic rings. The van der Waals surface area contributed by atoms with Crippen molar-refractivity contribution >= 4 is 18.3 Å². The number of ether oxygens (including phenoxy) is 5. The summed E-state index contributed by atoms with van der Waals surface area (Å²) in [7, 11) is 0. The molecule has 46 heavy (non-hydrogen) atoms. The summed E-state index contributed by atoms with van der Waals surface area (Å²) in [6.45, 7) is 8.19. The molecule has 2 atom stereocenters. The standard InChI is InChI=1S/C25H29F13O8/c1-11(26)15(39)42-14-9-12(20(22(27,28)29,23(30,31)32)45-16(40)43-18(2,3)4)8-13(10-14)21(24(33,34)35,25(36,37)38)46-17(41)44-19(5,6)7/h12-14H,1,8-10H2,2-7H3. The minimum atomic E-state index is -6.85. The Hall–Kier alpha value is -3.16. The lowest BCUT2D eigenvalue weighted by Gasteiger charge is -2.50. The summed E-state index contributed by atoms with van der Waals surface area (Å²) in [5, 5.41) is 0. The number of hydrogen-bond acceptors (Lipinski definition) is 8. The highest BCUT2D eigenvalue weighted by Gasteiger charge is 2.82. The van der Waals surface area contributed by atoms with Gasteiger partial charge in [0.15, 0.2) is 0 Å². The van der Waals surface area contributed by atoms with Gasteiger partial charge in [0.25, 0.3) is 0 Å². The van der Waals surface area contributed by atoms with Crippen LogP contribution in [0.2, 0.25) is 0 Å². The lowest BCUT2D eigenvalue weighted by molar-refractivity contribution is -0.405. The van der Waals surface area contributed by atoms with Gasteiger partial charge in [-0.15, -0.1) is 0 Å². The molecule has 0 heterocycles. The van der Waals surface area contributed by atoms with Gasteiger partial charge in [0.1, 0.15) is 17.3 Å². The van der Waals surface area contributed by atoms with Crippen molar-refractivity contribution in [2.75, 3.05) is 0 Å². The molecule has 21 heteroatoms. The summed E-state index contributed by atoms with van der Waals surface area (Å²) < 4.78 is 207. The molecule has 0 amide bonds. The zero-order valence-electron chi connectivity index (χ0n) is 24.7. The first-order chi connectivity index (χ1) is 20.1. The Labute approximate surface area is 252 Å². The molecule has 0 N–H and O–H groups in total. The van der Waals surface area contributed by atoms with E-state index in [4.69, 9.17) is 0 Å². The Morgan fingerprint density at radius 2 is 0.826 bits per heavy atom. The molecule has 1 saturated carbocycles. The molecule has 2 unspecified atom stereocenters. The summed E-state index contributed by atoms with van der Waals surface area (Å²) in [6, 6.07) is 0. The van der Waals surface area contributed by atoms with Crippen molar-refractivity contribution < 1.29 is 95.1 Å². The summed E-state index contributed by atoms with van der Waals surface area (Å²) >= 11 is 0. The van der Waals surface area contributed by atoms with Crippen LogP contribution in [-0.2, 0) is 28.5 Å². The number of carbonyl (C=O) groups excluding carboxylic acids is 3. The van der Waals surface area contributed by atoms with E-state index in [1.54, 1.807) is 0 Å². The normalized spacial score (nSPS) is 20.8. The van der Waals surface area contributed by atoms with Crippen molar-refractivity contribution in [2.24, 2.45) is 11.8 Å². The highest BCUT2D eigenvalue weighted by atomic mass is 19.4. The van der Waals surface area contributed by atoms with Crippen LogP contribution in [0.5, 0.6) is 0 Å². The first-order valence-corrected chi connectivity index (χ1v) is 12.8. The number of carbonyl (C=O) groups is 3. The maximum Gasteiger partial charge on any atom is 0.510 e. The fourth-order valence-electron chi connectivity index (χ4n) is 4.69. The predicted molar refractivity (Wildman–Crippen MR) is 125 cm³/mol. The third kappa shape index (κ3) is 9.01. The molecule has 0 aromatic heterocycles. The predicted octanol–water partition coefficient (Wildman–Crippen LogP) is 8.43. The molecule has 0 aromatic carbocycles. The fourth-order valence-corrected chi connectivity index (χ4v) is 4.69. The van der Waals surface area contributed by atoms with E-state index in [0.717, 1.165) is 41.5 Å². The van der Waals surface area contributed by atoms with E-state index in [9.17, 15) is 71.5 Å². The van der Waals surface area contributed by atoms with Crippen LogP contribution in [-0.4, -0.2) is 71.5 Å². The van der Waals surface area contributed by atoms with Crippen LogP contribution in [0.1, 0.15) is 60.8 Å². The highest BCUT2D eigenvalue weighted by Crippen LogP contribution is 2.60. The summed E-state index contributed by atoms with van der Waals surface area (Å²) in [5.41, 5.74) is -15.5. The van der Waals surface area contributed by atoms with Gasteiger partial charge in [-0.05, 0) is 60.8 Å². The zero-order valence-corrected chi connectivity index (χ0v) is 24.7. The van der Waals surface area contributed by atoms with Crippen molar-refractivity contribution in [2.45, 2.75) is 114 Å². The Kier molecular flexibility index (Phi) is 11.4. The van der Waals surface area contributed by atoms with Crippen LogP contribution in [0, 0.1) is 11.8 Å². The Morgan fingerprint density at radius 1 is 0.543 bits per heavy atom. The molecule has 8 nitrogen and oxygen atoms in total. The summed E-state index contributed by atoms with van der Waals surface area (Å²) in [6.07, 6.45) is -41.9. The number of esters is 1. The second kappa shape index (κ2) is 12.8. The van der Waals surface area contributed by atoms with Gasteiger partial charge in [0.2, 0.25) is 5.83 Å². The molecule has 0 radical (unpaired) electrons. The summed E-state index contributed by atoms with van der Waals surface area (Å²) in [4.78, 5) is 36.2. The van der Waals surface area contributed by atoms with E-state index >= 15 is 0 Å². The topological polar surface area (TPSA) is 97.4 Å². The maximum absolute atomic E-state index is 14.5. The minimum Gasteiger partial charge on any atom is -0.457 e. The van der Waals surface area contributed by atoms with Crippen LogP contribution in [0.15, 0.2) is 12.4 Å². The second-order valence-electron chi connectivity index (χ2n) is 12.1. The first kappa shape index (κ1) is 40.9. The van der Waals surface area contributed by atoms with Gasteiger partial charge in [-0.3, -0.25) is 0 Å². The monoisotopic (exact) mass is 704 g/mol. The van der Waals surface area contributed by atoms with Crippen molar-refractivity contribution in [3.8, 4) is 0 Å². The molecular weight excluding hydrogens is 675 g/mol. The van der Waals surface area contributed by atoms with Crippen molar-refractivity contribution in [1.82, 2.24) is 0 Å². The van der Waals surface area contributed by atoms with E-state index in [1.165, 1.54) is 0 Å². The van der Waals surface area contributed by atoms with Gasteiger partial charge >= 0.3 is 54.2 Å². The van der Waals surface area contributed by atoms with Gasteiger partial charge in [0, 0.05) is 11.8 Å².